The van der Waals surface area contributed by atoms with E-state index in [0.717, 1.165) is 38.0 Å². The number of hydrogen-bond donors (Lipinski definition) is 1. The lowest BCUT2D eigenvalue weighted by molar-refractivity contribution is -0.136. The van der Waals surface area contributed by atoms with E-state index in [1.165, 1.54) is 0 Å². The van der Waals surface area contributed by atoms with Gasteiger partial charge in [-0.2, -0.15) is 0 Å². The Morgan fingerprint density at radius 1 is 1.50 bits per heavy atom. The normalized spacial score (nSPS) is 19.5. The molecule has 1 rings (SSSR count). The van der Waals surface area contributed by atoms with Crippen molar-refractivity contribution < 1.29 is 9.90 Å². The first-order chi connectivity index (χ1) is 6.63. The summed E-state index contributed by atoms with van der Waals surface area (Å²) in [7, 11) is 0. The van der Waals surface area contributed by atoms with Gasteiger partial charge in [0.15, 0.2) is 0 Å². The maximum absolute atomic E-state index is 10.5. The first-order valence-electron chi connectivity index (χ1n) is 5.25. The second kappa shape index (κ2) is 5.15. The standard InChI is InChI=1S/C11H19NO2/c1-3-12-6-4-10(5-7-12)9(2)8-11(13)14/h10H,2-8H2,1H3,(H,13,14). The number of carbonyl (C=O) groups is 1. The summed E-state index contributed by atoms with van der Waals surface area (Å²) < 4.78 is 0. The Kier molecular flexibility index (Phi) is 4.14. The average molecular weight is 197 g/mol. The maximum atomic E-state index is 10.5. The summed E-state index contributed by atoms with van der Waals surface area (Å²) in [6.07, 6.45) is 2.27. The zero-order chi connectivity index (χ0) is 10.6. The molecule has 1 fully saturated rings. The topological polar surface area (TPSA) is 40.5 Å². The van der Waals surface area contributed by atoms with Crippen LogP contribution in [-0.4, -0.2) is 35.6 Å². The minimum atomic E-state index is -0.757. The van der Waals surface area contributed by atoms with Crippen LogP contribution in [-0.2, 0) is 4.79 Å². The summed E-state index contributed by atoms with van der Waals surface area (Å²) in [4.78, 5) is 12.9. The molecule has 1 aliphatic rings. The van der Waals surface area contributed by atoms with Crippen LogP contribution in [0.4, 0.5) is 0 Å². The van der Waals surface area contributed by atoms with Gasteiger partial charge in [-0.1, -0.05) is 19.1 Å². The molecule has 0 bridgehead atoms. The number of hydrogen-bond acceptors (Lipinski definition) is 2. The van der Waals surface area contributed by atoms with Gasteiger partial charge < -0.3 is 10.0 Å². The van der Waals surface area contributed by atoms with Crippen LogP contribution in [0.25, 0.3) is 0 Å². The van der Waals surface area contributed by atoms with E-state index in [-0.39, 0.29) is 6.42 Å². The van der Waals surface area contributed by atoms with E-state index in [9.17, 15) is 4.79 Å². The number of carboxylic acid groups (broad SMARTS) is 1. The van der Waals surface area contributed by atoms with Crippen molar-refractivity contribution in [3.05, 3.63) is 12.2 Å². The number of rotatable bonds is 4. The molecule has 3 nitrogen and oxygen atoms in total. The Hall–Kier alpha value is -0.830. The SMILES string of the molecule is C=C(CC(=O)O)C1CCN(CC)CC1. The second-order valence-electron chi connectivity index (χ2n) is 3.94. The van der Waals surface area contributed by atoms with Crippen molar-refractivity contribution in [1.29, 1.82) is 0 Å². The molecule has 1 saturated heterocycles. The van der Waals surface area contributed by atoms with E-state index >= 15 is 0 Å². The molecule has 0 radical (unpaired) electrons. The number of piperidine rings is 1. The number of nitrogens with zero attached hydrogens (tertiary/aromatic N) is 1. The Bertz CT molecular complexity index is 217. The first-order valence-corrected chi connectivity index (χ1v) is 5.25. The predicted octanol–water partition coefficient (Wildman–Crippen LogP) is 1.75. The lowest BCUT2D eigenvalue weighted by Gasteiger charge is -2.31. The summed E-state index contributed by atoms with van der Waals surface area (Å²) >= 11 is 0. The van der Waals surface area contributed by atoms with Crippen LogP contribution in [0.2, 0.25) is 0 Å². The Balaban J connectivity index is 2.34. The zero-order valence-electron chi connectivity index (χ0n) is 8.83. The van der Waals surface area contributed by atoms with Crippen LogP contribution in [0.5, 0.6) is 0 Å². The molecule has 14 heavy (non-hydrogen) atoms. The molecule has 1 aliphatic heterocycles. The molecule has 0 amide bonds. The van der Waals surface area contributed by atoms with Crippen LogP contribution in [0.15, 0.2) is 12.2 Å². The molecule has 0 saturated carbocycles. The first kappa shape index (κ1) is 11.2. The summed E-state index contributed by atoms with van der Waals surface area (Å²) in [6, 6.07) is 0. The summed E-state index contributed by atoms with van der Waals surface area (Å²) in [5, 5.41) is 8.64. The molecular formula is C11H19NO2. The smallest absolute Gasteiger partial charge is 0.307 e. The van der Waals surface area contributed by atoms with E-state index < -0.39 is 5.97 Å². The second-order valence-corrected chi connectivity index (χ2v) is 3.94. The molecule has 1 N–H and O–H groups in total. The molecule has 0 aliphatic carbocycles. The van der Waals surface area contributed by atoms with Gasteiger partial charge in [-0.15, -0.1) is 0 Å². The van der Waals surface area contributed by atoms with E-state index in [4.69, 9.17) is 5.11 Å². The third-order valence-corrected chi connectivity index (χ3v) is 2.99. The van der Waals surface area contributed by atoms with Gasteiger partial charge in [0.25, 0.3) is 0 Å². The van der Waals surface area contributed by atoms with Crippen LogP contribution in [0.1, 0.15) is 26.2 Å². The van der Waals surface area contributed by atoms with Crippen molar-refractivity contribution >= 4 is 5.97 Å². The molecule has 0 atom stereocenters. The molecule has 3 heteroatoms. The van der Waals surface area contributed by atoms with Crippen LogP contribution >= 0.6 is 0 Å². The van der Waals surface area contributed by atoms with Crippen LogP contribution < -0.4 is 0 Å². The van der Waals surface area contributed by atoms with Crippen LogP contribution in [0.3, 0.4) is 0 Å². The van der Waals surface area contributed by atoms with Gasteiger partial charge in [-0.05, 0) is 38.4 Å². The van der Waals surface area contributed by atoms with Crippen molar-refractivity contribution in [3.63, 3.8) is 0 Å². The van der Waals surface area contributed by atoms with Gasteiger partial charge in [0.1, 0.15) is 0 Å². The number of carboxylic acids is 1. The lowest BCUT2D eigenvalue weighted by Crippen LogP contribution is -2.34. The van der Waals surface area contributed by atoms with Gasteiger partial charge in [-0.25, -0.2) is 0 Å². The number of aliphatic carboxylic acids is 1. The van der Waals surface area contributed by atoms with Gasteiger partial charge in [0.2, 0.25) is 0 Å². The fourth-order valence-corrected chi connectivity index (χ4v) is 2.00. The summed E-state index contributed by atoms with van der Waals surface area (Å²) in [5.41, 5.74) is 0.897. The number of likely N-dealkylation sites (tertiary alicyclic amines) is 1. The summed E-state index contributed by atoms with van der Waals surface area (Å²) in [5.74, 6) is -0.332. The average Bonchev–Trinajstić information content (AvgIpc) is 2.17. The highest BCUT2D eigenvalue weighted by molar-refractivity contribution is 5.69. The van der Waals surface area contributed by atoms with Gasteiger partial charge in [0, 0.05) is 0 Å². The highest BCUT2D eigenvalue weighted by Gasteiger charge is 2.21. The Morgan fingerprint density at radius 3 is 2.50 bits per heavy atom. The van der Waals surface area contributed by atoms with Gasteiger partial charge in [0.05, 0.1) is 6.42 Å². The molecule has 1 heterocycles. The van der Waals surface area contributed by atoms with Gasteiger partial charge in [-0.3, -0.25) is 4.79 Å². The van der Waals surface area contributed by atoms with Crippen molar-refractivity contribution in [2.75, 3.05) is 19.6 Å². The monoisotopic (exact) mass is 197 g/mol. The maximum Gasteiger partial charge on any atom is 0.307 e. The molecule has 80 valence electrons. The van der Waals surface area contributed by atoms with Crippen molar-refractivity contribution in [2.24, 2.45) is 5.92 Å². The fourth-order valence-electron chi connectivity index (χ4n) is 2.00. The van der Waals surface area contributed by atoms with Gasteiger partial charge >= 0.3 is 5.97 Å². The largest absolute Gasteiger partial charge is 0.481 e. The highest BCUT2D eigenvalue weighted by atomic mass is 16.4. The zero-order valence-corrected chi connectivity index (χ0v) is 8.83. The van der Waals surface area contributed by atoms with E-state index in [1.807, 2.05) is 0 Å². The minimum Gasteiger partial charge on any atom is -0.481 e. The fraction of sp³-hybridized carbons (Fsp3) is 0.727. The Labute approximate surface area is 85.4 Å². The van der Waals surface area contributed by atoms with Crippen molar-refractivity contribution in [3.8, 4) is 0 Å². The minimum absolute atomic E-state index is 0.136. The van der Waals surface area contributed by atoms with Crippen LogP contribution in [0, 0.1) is 5.92 Å². The molecule has 0 unspecified atom stereocenters. The predicted molar refractivity (Wildman–Crippen MR) is 56.2 cm³/mol. The van der Waals surface area contributed by atoms with Crippen molar-refractivity contribution in [2.45, 2.75) is 26.2 Å². The Morgan fingerprint density at radius 2 is 2.07 bits per heavy atom. The van der Waals surface area contributed by atoms with E-state index in [2.05, 4.69) is 18.4 Å². The van der Waals surface area contributed by atoms with E-state index in [0.29, 0.717) is 5.92 Å². The highest BCUT2D eigenvalue weighted by Crippen LogP contribution is 2.25. The quantitative estimate of drug-likeness (QED) is 0.698. The molecule has 0 spiro atoms. The molecule has 0 aromatic rings. The molecule has 0 aromatic carbocycles. The van der Waals surface area contributed by atoms with Crippen molar-refractivity contribution in [1.82, 2.24) is 4.90 Å². The molecule has 0 aromatic heterocycles. The third kappa shape index (κ3) is 3.14. The van der Waals surface area contributed by atoms with E-state index in [1.54, 1.807) is 0 Å². The summed E-state index contributed by atoms with van der Waals surface area (Å²) in [6.45, 7) is 9.29. The molecular weight excluding hydrogens is 178 g/mol. The third-order valence-electron chi connectivity index (χ3n) is 2.99. The lowest BCUT2D eigenvalue weighted by atomic mass is 9.88.